The molecular weight excluding hydrogens is 410 g/mol. The van der Waals surface area contributed by atoms with Gasteiger partial charge in [0.1, 0.15) is 0 Å². The van der Waals surface area contributed by atoms with Crippen molar-refractivity contribution in [3.8, 4) is 11.3 Å². The van der Waals surface area contributed by atoms with E-state index in [0.29, 0.717) is 17.9 Å². The van der Waals surface area contributed by atoms with Crippen LogP contribution in [-0.4, -0.2) is 21.5 Å². The molecule has 0 aliphatic rings. The molecule has 28 heavy (non-hydrogen) atoms. The summed E-state index contributed by atoms with van der Waals surface area (Å²) < 4.78 is 2.07. The van der Waals surface area contributed by atoms with Gasteiger partial charge in [0, 0.05) is 39.2 Å². The Balaban J connectivity index is 1.46. The van der Waals surface area contributed by atoms with Crippen LogP contribution in [0.3, 0.4) is 0 Å². The molecule has 0 atom stereocenters. The Morgan fingerprint density at radius 2 is 2.00 bits per heavy atom. The minimum Gasteiger partial charge on any atom is -0.325 e. The summed E-state index contributed by atoms with van der Waals surface area (Å²) in [6.07, 6.45) is 5.10. The summed E-state index contributed by atoms with van der Waals surface area (Å²) in [5.74, 6) is 0.0129. The number of nitrogens with one attached hydrogen (secondary N) is 1. The highest BCUT2D eigenvalue weighted by Crippen LogP contribution is 2.26. The SMILES string of the molecule is CSc1ccccc1NC(=O)CCc1csc2nc(-c3ccc(Cl)cc3)cn12. The molecule has 1 N–H and O–H groups in total. The van der Waals surface area contributed by atoms with Crippen LogP contribution >= 0.6 is 34.7 Å². The molecule has 142 valence electrons. The molecule has 1 amide bonds. The van der Waals surface area contributed by atoms with E-state index in [-0.39, 0.29) is 5.91 Å². The highest BCUT2D eigenvalue weighted by Gasteiger charge is 2.12. The van der Waals surface area contributed by atoms with Crippen LogP contribution < -0.4 is 5.32 Å². The second kappa shape index (κ2) is 8.39. The van der Waals surface area contributed by atoms with Crippen LogP contribution in [-0.2, 0) is 11.2 Å². The Kier molecular flexibility index (Phi) is 5.71. The number of hydrogen-bond acceptors (Lipinski definition) is 4. The Bertz CT molecular complexity index is 1120. The number of rotatable bonds is 6. The van der Waals surface area contributed by atoms with Crippen LogP contribution in [0.1, 0.15) is 12.1 Å². The summed E-state index contributed by atoms with van der Waals surface area (Å²) in [6.45, 7) is 0. The normalized spacial score (nSPS) is 11.1. The molecule has 0 spiro atoms. The summed E-state index contributed by atoms with van der Waals surface area (Å²) in [7, 11) is 0. The number of thiazole rings is 1. The van der Waals surface area contributed by atoms with Gasteiger partial charge in [0.25, 0.3) is 0 Å². The highest BCUT2D eigenvalue weighted by molar-refractivity contribution is 7.98. The third-order valence-electron chi connectivity index (χ3n) is 4.41. The third kappa shape index (κ3) is 4.09. The van der Waals surface area contributed by atoms with Crippen molar-refractivity contribution in [1.82, 2.24) is 9.38 Å². The zero-order valence-corrected chi connectivity index (χ0v) is 17.6. The van der Waals surface area contributed by atoms with E-state index >= 15 is 0 Å². The topological polar surface area (TPSA) is 46.4 Å². The fourth-order valence-electron chi connectivity index (χ4n) is 2.97. The number of para-hydroxylation sites is 1. The maximum atomic E-state index is 12.4. The molecule has 4 nitrogen and oxygen atoms in total. The third-order valence-corrected chi connectivity index (χ3v) is 6.35. The first-order valence-electron chi connectivity index (χ1n) is 8.78. The molecule has 2 aromatic carbocycles. The maximum Gasteiger partial charge on any atom is 0.224 e. The maximum absolute atomic E-state index is 12.4. The van der Waals surface area contributed by atoms with Crippen LogP contribution in [0.25, 0.3) is 16.2 Å². The predicted octanol–water partition coefficient (Wildman–Crippen LogP) is 6.01. The number of benzene rings is 2. The van der Waals surface area contributed by atoms with Gasteiger partial charge in [0.15, 0.2) is 4.96 Å². The molecule has 2 aromatic heterocycles. The van der Waals surface area contributed by atoms with Gasteiger partial charge in [-0.15, -0.1) is 23.1 Å². The van der Waals surface area contributed by atoms with E-state index in [1.165, 1.54) is 0 Å². The summed E-state index contributed by atoms with van der Waals surface area (Å²) in [4.78, 5) is 19.1. The Hall–Kier alpha value is -2.28. The van der Waals surface area contributed by atoms with E-state index in [4.69, 9.17) is 11.6 Å². The van der Waals surface area contributed by atoms with E-state index in [2.05, 4.69) is 20.1 Å². The fourth-order valence-corrected chi connectivity index (χ4v) is 4.56. The summed E-state index contributed by atoms with van der Waals surface area (Å²) in [5, 5.41) is 5.79. The number of imidazole rings is 1. The lowest BCUT2D eigenvalue weighted by Crippen LogP contribution is -2.13. The van der Waals surface area contributed by atoms with Gasteiger partial charge < -0.3 is 5.32 Å². The average molecular weight is 428 g/mol. The number of aromatic nitrogens is 2. The van der Waals surface area contributed by atoms with Crippen LogP contribution in [0.5, 0.6) is 0 Å². The molecular formula is C21H18ClN3OS2. The highest BCUT2D eigenvalue weighted by atomic mass is 35.5. The fraction of sp³-hybridized carbons (Fsp3) is 0.143. The zero-order chi connectivity index (χ0) is 19.5. The minimum absolute atomic E-state index is 0.0129. The molecule has 2 heterocycles. The van der Waals surface area contributed by atoms with Crippen LogP contribution in [0.15, 0.2) is 65.0 Å². The number of nitrogens with zero attached hydrogens (tertiary/aromatic N) is 2. The van der Waals surface area contributed by atoms with Crippen LogP contribution in [0, 0.1) is 0 Å². The van der Waals surface area contributed by atoms with Crippen molar-refractivity contribution in [3.05, 3.63) is 70.8 Å². The van der Waals surface area contributed by atoms with E-state index in [1.807, 2.05) is 61.0 Å². The molecule has 0 saturated heterocycles. The molecule has 0 saturated carbocycles. The summed E-state index contributed by atoms with van der Waals surface area (Å²) in [5.41, 5.74) is 3.88. The van der Waals surface area contributed by atoms with Gasteiger partial charge in [0.2, 0.25) is 5.91 Å². The Morgan fingerprint density at radius 3 is 2.79 bits per heavy atom. The quantitative estimate of drug-likeness (QED) is 0.383. The van der Waals surface area contributed by atoms with Gasteiger partial charge in [-0.2, -0.15) is 0 Å². The summed E-state index contributed by atoms with van der Waals surface area (Å²) in [6, 6.07) is 15.5. The number of fused-ring (bicyclic) bond motifs is 1. The molecule has 0 unspecified atom stereocenters. The van der Waals surface area contributed by atoms with Crippen molar-refractivity contribution in [1.29, 1.82) is 0 Å². The predicted molar refractivity (Wildman–Crippen MR) is 119 cm³/mol. The number of halogens is 1. The van der Waals surface area contributed by atoms with Crippen molar-refractivity contribution in [2.45, 2.75) is 17.7 Å². The van der Waals surface area contributed by atoms with E-state index < -0.39 is 0 Å². The minimum atomic E-state index is 0.0129. The number of anilines is 1. The number of carbonyl (C=O) groups excluding carboxylic acids is 1. The standard InChI is InChI=1S/C21H18ClN3OS2/c1-27-19-5-3-2-4-17(19)23-20(26)11-10-16-13-28-21-24-18(12-25(16)21)14-6-8-15(22)9-7-14/h2-9,12-13H,10-11H2,1H3,(H,23,26). The number of aryl methyl sites for hydroxylation is 1. The Labute approximate surface area is 176 Å². The molecule has 7 heteroatoms. The van der Waals surface area contributed by atoms with Crippen molar-refractivity contribution in [2.75, 3.05) is 11.6 Å². The van der Waals surface area contributed by atoms with Crippen LogP contribution in [0.4, 0.5) is 5.69 Å². The van der Waals surface area contributed by atoms with Crippen molar-refractivity contribution >= 4 is 51.3 Å². The Morgan fingerprint density at radius 1 is 1.21 bits per heavy atom. The average Bonchev–Trinajstić information content (AvgIpc) is 3.28. The molecule has 0 aliphatic carbocycles. The van der Waals surface area contributed by atoms with Gasteiger partial charge in [-0.3, -0.25) is 9.20 Å². The van der Waals surface area contributed by atoms with E-state index in [9.17, 15) is 4.79 Å². The second-order valence-corrected chi connectivity index (χ2v) is 8.38. The van der Waals surface area contributed by atoms with Gasteiger partial charge in [-0.1, -0.05) is 35.9 Å². The smallest absolute Gasteiger partial charge is 0.224 e. The van der Waals surface area contributed by atoms with E-state index in [0.717, 1.165) is 32.5 Å². The number of amides is 1. The number of thioether (sulfide) groups is 1. The van der Waals surface area contributed by atoms with E-state index in [1.54, 1.807) is 23.1 Å². The lowest BCUT2D eigenvalue weighted by Gasteiger charge is -2.09. The first-order valence-corrected chi connectivity index (χ1v) is 11.3. The zero-order valence-electron chi connectivity index (χ0n) is 15.2. The second-order valence-electron chi connectivity index (χ2n) is 6.26. The van der Waals surface area contributed by atoms with Gasteiger partial charge >= 0.3 is 0 Å². The first-order chi connectivity index (χ1) is 13.6. The summed E-state index contributed by atoms with van der Waals surface area (Å²) >= 11 is 9.18. The molecule has 0 radical (unpaired) electrons. The first kappa shape index (κ1) is 19.1. The largest absolute Gasteiger partial charge is 0.325 e. The van der Waals surface area contributed by atoms with Crippen molar-refractivity contribution < 1.29 is 4.79 Å². The molecule has 0 bridgehead atoms. The van der Waals surface area contributed by atoms with Gasteiger partial charge in [0.05, 0.1) is 11.4 Å². The number of carbonyl (C=O) groups is 1. The van der Waals surface area contributed by atoms with Crippen molar-refractivity contribution in [3.63, 3.8) is 0 Å². The molecule has 4 aromatic rings. The van der Waals surface area contributed by atoms with Gasteiger partial charge in [-0.25, -0.2) is 4.98 Å². The molecule has 4 rings (SSSR count). The number of hydrogen-bond donors (Lipinski definition) is 1. The van der Waals surface area contributed by atoms with Gasteiger partial charge in [-0.05, 0) is 36.9 Å². The molecule has 0 aliphatic heterocycles. The molecule has 0 fully saturated rings. The lowest BCUT2D eigenvalue weighted by atomic mass is 10.2. The lowest BCUT2D eigenvalue weighted by molar-refractivity contribution is -0.116. The van der Waals surface area contributed by atoms with Crippen molar-refractivity contribution in [2.24, 2.45) is 0 Å². The monoisotopic (exact) mass is 427 g/mol. The van der Waals surface area contributed by atoms with Crippen LogP contribution in [0.2, 0.25) is 5.02 Å².